The minimum atomic E-state index is -4.48. The summed E-state index contributed by atoms with van der Waals surface area (Å²) >= 11 is 0. The molecule has 1 N–H and O–H groups in total. The van der Waals surface area contributed by atoms with Crippen molar-refractivity contribution in [2.75, 3.05) is 31.1 Å². The molecule has 1 aromatic carbocycles. The Morgan fingerprint density at radius 1 is 0.821 bits per heavy atom. The zero-order valence-corrected chi connectivity index (χ0v) is 14.4. The Balaban J connectivity index is 1.64. The first-order valence-corrected chi connectivity index (χ1v) is 8.36. The standard InChI is InChI=1S/C18H15F6N3O/c19-17(20,21)13-3-1-12(2-4-13)16(28)27-9-7-26(8-10-27)15-11-14(5-6-25-15)18(22,23)24/h1-6,11H,7-10H2/p+1. The van der Waals surface area contributed by atoms with Crippen molar-refractivity contribution in [2.24, 2.45) is 0 Å². The molecule has 0 atom stereocenters. The topological polar surface area (TPSA) is 37.7 Å². The molecule has 1 aliphatic heterocycles. The predicted octanol–water partition coefficient (Wildman–Crippen LogP) is 3.50. The monoisotopic (exact) mass is 404 g/mol. The van der Waals surface area contributed by atoms with Crippen LogP contribution in [0.4, 0.5) is 32.2 Å². The minimum Gasteiger partial charge on any atom is -0.331 e. The summed E-state index contributed by atoms with van der Waals surface area (Å²) < 4.78 is 76.3. The van der Waals surface area contributed by atoms with E-state index in [0.717, 1.165) is 36.4 Å². The number of pyridine rings is 1. The smallest absolute Gasteiger partial charge is 0.331 e. The second kappa shape index (κ2) is 7.33. The summed E-state index contributed by atoms with van der Waals surface area (Å²) in [6.07, 6.45) is -7.73. The molecule has 0 spiro atoms. The molecule has 1 amide bonds. The van der Waals surface area contributed by atoms with Crippen molar-refractivity contribution in [3.63, 3.8) is 0 Å². The molecule has 0 saturated carbocycles. The summed E-state index contributed by atoms with van der Waals surface area (Å²) in [6, 6.07) is 5.89. The largest absolute Gasteiger partial charge is 0.416 e. The number of nitrogens with one attached hydrogen (secondary N) is 1. The van der Waals surface area contributed by atoms with Gasteiger partial charge in [0.05, 0.1) is 30.4 Å². The lowest BCUT2D eigenvalue weighted by molar-refractivity contribution is -0.365. The Kier molecular flexibility index (Phi) is 5.22. The number of piperazine rings is 1. The van der Waals surface area contributed by atoms with Crippen molar-refractivity contribution in [1.82, 2.24) is 4.90 Å². The summed E-state index contributed by atoms with van der Waals surface area (Å²) in [7, 11) is 0. The van der Waals surface area contributed by atoms with Crippen molar-refractivity contribution in [2.45, 2.75) is 12.4 Å². The molecule has 10 heteroatoms. The maximum Gasteiger partial charge on any atom is 0.416 e. The SMILES string of the molecule is O=C(c1ccc(C(F)(F)F)cc1)N1CCN(c2cc(C(F)(F)F)cc[nH+]2)CC1. The van der Waals surface area contributed by atoms with Gasteiger partial charge in [0.15, 0.2) is 0 Å². The minimum absolute atomic E-state index is 0.132. The van der Waals surface area contributed by atoms with E-state index in [1.165, 1.54) is 11.1 Å². The number of hydrogen-bond donors (Lipinski definition) is 0. The Morgan fingerprint density at radius 2 is 1.39 bits per heavy atom. The molecule has 1 aromatic heterocycles. The number of carbonyl (C=O) groups excluding carboxylic acids is 1. The van der Waals surface area contributed by atoms with Crippen LogP contribution in [0.3, 0.4) is 0 Å². The number of halogens is 6. The molecule has 0 radical (unpaired) electrons. The number of H-pyrrole nitrogens is 1. The van der Waals surface area contributed by atoms with Gasteiger partial charge in [-0.05, 0) is 30.3 Å². The maximum absolute atomic E-state index is 12.8. The van der Waals surface area contributed by atoms with Gasteiger partial charge in [0.1, 0.15) is 13.1 Å². The maximum atomic E-state index is 12.8. The zero-order valence-electron chi connectivity index (χ0n) is 14.4. The quantitative estimate of drug-likeness (QED) is 0.719. The molecular weight excluding hydrogens is 388 g/mol. The van der Waals surface area contributed by atoms with Crippen LogP contribution in [0.1, 0.15) is 21.5 Å². The lowest BCUT2D eigenvalue weighted by Gasteiger charge is -2.31. The number of alkyl halides is 6. The molecule has 1 saturated heterocycles. The first kappa shape index (κ1) is 20.0. The molecule has 4 nitrogen and oxygen atoms in total. The van der Waals surface area contributed by atoms with Crippen LogP contribution in [0.5, 0.6) is 0 Å². The van der Waals surface area contributed by atoms with E-state index in [0.29, 0.717) is 13.1 Å². The van der Waals surface area contributed by atoms with Gasteiger partial charge in [-0.2, -0.15) is 26.3 Å². The zero-order chi connectivity index (χ0) is 20.5. The fourth-order valence-corrected chi connectivity index (χ4v) is 2.95. The van der Waals surface area contributed by atoms with Crippen LogP contribution in [0.25, 0.3) is 0 Å². The predicted molar refractivity (Wildman–Crippen MR) is 87.6 cm³/mol. The van der Waals surface area contributed by atoms with Gasteiger partial charge in [-0.3, -0.25) is 9.69 Å². The Labute approximate surface area is 156 Å². The number of benzene rings is 1. The number of amides is 1. The second-order valence-electron chi connectivity index (χ2n) is 6.31. The van der Waals surface area contributed by atoms with Gasteiger partial charge < -0.3 is 4.90 Å². The van der Waals surface area contributed by atoms with Crippen LogP contribution in [-0.2, 0) is 12.4 Å². The summed E-state index contributed by atoms with van der Waals surface area (Å²) in [5, 5.41) is 0. The number of aromatic nitrogens is 1. The van der Waals surface area contributed by atoms with E-state index in [9.17, 15) is 31.1 Å². The average molecular weight is 404 g/mol. The molecule has 3 rings (SSSR count). The number of nitrogens with zero attached hydrogens (tertiary/aromatic N) is 2. The molecule has 2 aromatic rings. The first-order valence-electron chi connectivity index (χ1n) is 8.36. The van der Waals surface area contributed by atoms with Gasteiger partial charge in [0.2, 0.25) is 0 Å². The molecule has 1 fully saturated rings. The number of rotatable bonds is 2. The van der Waals surface area contributed by atoms with Crippen LogP contribution < -0.4 is 9.88 Å². The van der Waals surface area contributed by atoms with Crippen LogP contribution in [0.15, 0.2) is 42.6 Å². The molecule has 2 heterocycles. The number of anilines is 1. The fraction of sp³-hybridized carbons (Fsp3) is 0.333. The molecule has 150 valence electrons. The van der Waals surface area contributed by atoms with E-state index in [1.54, 1.807) is 4.90 Å². The van der Waals surface area contributed by atoms with E-state index in [1.807, 2.05) is 0 Å². The molecule has 0 unspecified atom stereocenters. The summed E-state index contributed by atoms with van der Waals surface area (Å²) in [5.41, 5.74) is -1.48. The second-order valence-corrected chi connectivity index (χ2v) is 6.31. The summed E-state index contributed by atoms with van der Waals surface area (Å²) in [5.74, 6) is -0.127. The normalized spacial score (nSPS) is 15.6. The summed E-state index contributed by atoms with van der Waals surface area (Å²) in [6.45, 7) is 1.07. The van der Waals surface area contributed by atoms with Crippen molar-refractivity contribution in [3.8, 4) is 0 Å². The number of carbonyl (C=O) groups is 1. The van der Waals surface area contributed by atoms with E-state index < -0.39 is 29.4 Å². The number of aromatic amines is 1. The van der Waals surface area contributed by atoms with Gasteiger partial charge in [0.25, 0.3) is 11.7 Å². The highest BCUT2D eigenvalue weighted by atomic mass is 19.4. The highest BCUT2D eigenvalue weighted by molar-refractivity contribution is 5.94. The lowest BCUT2D eigenvalue weighted by atomic mass is 10.1. The molecular formula is C18H16F6N3O+. The van der Waals surface area contributed by atoms with Gasteiger partial charge >= 0.3 is 12.4 Å². The van der Waals surface area contributed by atoms with E-state index >= 15 is 0 Å². The Bertz CT molecular complexity index is 840. The number of hydrogen-bond acceptors (Lipinski definition) is 2. The van der Waals surface area contributed by atoms with Crippen LogP contribution in [0, 0.1) is 0 Å². The van der Waals surface area contributed by atoms with Gasteiger partial charge in [-0.1, -0.05) is 0 Å². The highest BCUT2D eigenvalue weighted by Crippen LogP contribution is 2.31. The van der Waals surface area contributed by atoms with E-state index in [4.69, 9.17) is 0 Å². The third-order valence-electron chi connectivity index (χ3n) is 4.48. The third kappa shape index (κ3) is 4.37. The van der Waals surface area contributed by atoms with Crippen molar-refractivity contribution in [3.05, 3.63) is 59.3 Å². The van der Waals surface area contributed by atoms with Crippen molar-refractivity contribution >= 4 is 11.7 Å². The van der Waals surface area contributed by atoms with Crippen LogP contribution in [-0.4, -0.2) is 37.0 Å². The Morgan fingerprint density at radius 3 is 1.93 bits per heavy atom. The van der Waals surface area contributed by atoms with Gasteiger partial charge in [-0.15, -0.1) is 0 Å². The van der Waals surface area contributed by atoms with Crippen LogP contribution in [0.2, 0.25) is 0 Å². The van der Waals surface area contributed by atoms with Crippen molar-refractivity contribution < 1.29 is 36.1 Å². The Hall–Kier alpha value is -2.78. The first-order chi connectivity index (χ1) is 13.1. The van der Waals surface area contributed by atoms with E-state index in [-0.39, 0.29) is 24.5 Å². The van der Waals surface area contributed by atoms with E-state index in [2.05, 4.69) is 4.98 Å². The molecule has 28 heavy (non-hydrogen) atoms. The third-order valence-corrected chi connectivity index (χ3v) is 4.48. The summed E-state index contributed by atoms with van der Waals surface area (Å²) in [4.78, 5) is 18.4. The molecule has 0 bridgehead atoms. The van der Waals surface area contributed by atoms with Gasteiger partial charge in [0, 0.05) is 11.6 Å². The van der Waals surface area contributed by atoms with Crippen LogP contribution >= 0.6 is 0 Å². The van der Waals surface area contributed by atoms with Gasteiger partial charge in [-0.25, -0.2) is 4.98 Å². The fourth-order valence-electron chi connectivity index (χ4n) is 2.95. The average Bonchev–Trinajstić information content (AvgIpc) is 2.66. The molecule has 0 aliphatic carbocycles. The molecule has 1 aliphatic rings. The lowest BCUT2D eigenvalue weighted by Crippen LogP contribution is -2.50. The van der Waals surface area contributed by atoms with Crippen molar-refractivity contribution in [1.29, 1.82) is 0 Å². The highest BCUT2D eigenvalue weighted by Gasteiger charge is 2.34.